The van der Waals surface area contributed by atoms with Gasteiger partial charge in [0.05, 0.1) is 5.92 Å². The van der Waals surface area contributed by atoms with E-state index >= 15 is 0 Å². The minimum atomic E-state index is -0.412. The third kappa shape index (κ3) is 3.85. The molecule has 2 rings (SSSR count). The zero-order chi connectivity index (χ0) is 16.1. The second-order valence-electron chi connectivity index (χ2n) is 5.84. The van der Waals surface area contributed by atoms with Crippen molar-refractivity contribution in [2.75, 3.05) is 13.2 Å². The van der Waals surface area contributed by atoms with Crippen LogP contribution in [0.25, 0.3) is 6.08 Å². The Bertz CT molecular complexity index is 527. The highest BCUT2D eigenvalue weighted by Crippen LogP contribution is 2.41. The maximum Gasteiger partial charge on any atom is 0.214 e. The zero-order valence-corrected chi connectivity index (χ0v) is 13.3. The Hall–Kier alpha value is -1.88. The molecular formula is C17H23NO4. The molecule has 0 amide bonds. The summed E-state index contributed by atoms with van der Waals surface area (Å²) in [7, 11) is 0. The molecule has 0 bridgehead atoms. The molecule has 1 aliphatic heterocycles. The Morgan fingerprint density at radius 3 is 2.59 bits per heavy atom. The summed E-state index contributed by atoms with van der Waals surface area (Å²) in [5, 5.41) is 11.1. The Morgan fingerprint density at radius 2 is 2.05 bits per heavy atom. The predicted molar refractivity (Wildman–Crippen MR) is 84.6 cm³/mol. The molecule has 1 heterocycles. The molecule has 0 N–H and O–H groups in total. The van der Waals surface area contributed by atoms with Crippen LogP contribution in [-0.4, -0.2) is 24.4 Å². The summed E-state index contributed by atoms with van der Waals surface area (Å²) in [4.78, 5) is 10.8. The lowest BCUT2D eigenvalue weighted by Crippen LogP contribution is -2.31. The van der Waals surface area contributed by atoms with Gasteiger partial charge in [-0.15, -0.1) is 0 Å². The van der Waals surface area contributed by atoms with Gasteiger partial charge in [0.15, 0.2) is 0 Å². The molecule has 1 fully saturated rings. The summed E-state index contributed by atoms with van der Waals surface area (Å²) in [5.74, 6) is 0.621. The summed E-state index contributed by atoms with van der Waals surface area (Å²) in [6.07, 6.45) is 1.48. The van der Waals surface area contributed by atoms with Gasteiger partial charge in [0.25, 0.3) is 0 Å². The van der Waals surface area contributed by atoms with Crippen molar-refractivity contribution in [2.24, 2.45) is 17.8 Å². The van der Waals surface area contributed by atoms with Crippen LogP contribution in [0.3, 0.4) is 0 Å². The first-order valence-electron chi connectivity index (χ1n) is 7.69. The first-order valence-corrected chi connectivity index (χ1v) is 7.69. The van der Waals surface area contributed by atoms with Crippen LogP contribution in [0, 0.1) is 27.9 Å². The first-order chi connectivity index (χ1) is 10.5. The van der Waals surface area contributed by atoms with Crippen LogP contribution in [0.1, 0.15) is 26.3 Å². The fourth-order valence-corrected chi connectivity index (χ4v) is 2.99. The largest absolute Gasteiger partial charge is 0.468 e. The number of hydrogen-bond acceptors (Lipinski definition) is 4. The van der Waals surface area contributed by atoms with Crippen molar-refractivity contribution < 1.29 is 14.4 Å². The average molecular weight is 305 g/mol. The first kappa shape index (κ1) is 16.5. The Labute approximate surface area is 131 Å². The Balaban J connectivity index is 2.33. The molecule has 1 aliphatic rings. The lowest BCUT2D eigenvalue weighted by molar-refractivity contribution is -0.488. The second kappa shape index (κ2) is 7.40. The number of hydrogen-bond donors (Lipinski definition) is 0. The number of benzene rings is 1. The van der Waals surface area contributed by atoms with E-state index in [9.17, 15) is 10.1 Å². The molecule has 1 aromatic rings. The van der Waals surface area contributed by atoms with E-state index in [2.05, 4.69) is 13.8 Å². The van der Waals surface area contributed by atoms with E-state index in [4.69, 9.17) is 9.47 Å². The molecule has 120 valence electrons. The van der Waals surface area contributed by atoms with Gasteiger partial charge in [-0.1, -0.05) is 44.2 Å². The highest BCUT2D eigenvalue weighted by Gasteiger charge is 2.46. The molecular weight excluding hydrogens is 282 g/mol. The van der Waals surface area contributed by atoms with Crippen molar-refractivity contribution in [2.45, 2.75) is 27.1 Å². The second-order valence-corrected chi connectivity index (χ2v) is 5.84. The smallest absolute Gasteiger partial charge is 0.214 e. The molecule has 3 atom stereocenters. The lowest BCUT2D eigenvalue weighted by atomic mass is 9.83. The quantitative estimate of drug-likeness (QED) is 0.595. The van der Waals surface area contributed by atoms with E-state index in [1.54, 1.807) is 0 Å². The highest BCUT2D eigenvalue weighted by atomic mass is 16.7. The molecule has 0 spiro atoms. The maximum absolute atomic E-state index is 11.1. The van der Waals surface area contributed by atoms with E-state index in [0.717, 1.165) is 5.56 Å². The number of nitrogens with zero attached hydrogens (tertiary/aromatic N) is 1. The summed E-state index contributed by atoms with van der Waals surface area (Å²) in [6, 6.07) is 9.72. The van der Waals surface area contributed by atoms with Crippen molar-refractivity contribution >= 4 is 6.08 Å². The van der Waals surface area contributed by atoms with Crippen LogP contribution in [0.4, 0.5) is 0 Å². The van der Waals surface area contributed by atoms with Gasteiger partial charge in [0, 0.05) is 17.4 Å². The van der Waals surface area contributed by atoms with Gasteiger partial charge < -0.3 is 9.47 Å². The van der Waals surface area contributed by atoms with Crippen LogP contribution < -0.4 is 0 Å². The SMILES string of the molecule is CCO[C@@H]1O/C(=C\c2ccccc2)[C@@H](C[N+](=O)[O-])[C@H]1C(C)C. The van der Waals surface area contributed by atoms with Crippen LogP contribution in [0.5, 0.6) is 0 Å². The molecule has 0 aliphatic carbocycles. The van der Waals surface area contributed by atoms with E-state index in [0.29, 0.717) is 12.4 Å². The minimum absolute atomic E-state index is 0.0136. The standard InChI is InChI=1S/C17H23NO4/c1-4-21-17-16(12(2)3)14(11-18(19)20)15(22-17)10-13-8-6-5-7-9-13/h5-10,12,14,16-17H,4,11H2,1-3H3/b15-10-/t14-,16-,17-/m1/s1. The van der Waals surface area contributed by atoms with Crippen molar-refractivity contribution in [3.63, 3.8) is 0 Å². The molecule has 1 aromatic carbocycles. The minimum Gasteiger partial charge on any atom is -0.468 e. The average Bonchev–Trinajstić information content (AvgIpc) is 2.77. The van der Waals surface area contributed by atoms with Gasteiger partial charge in [-0.25, -0.2) is 0 Å². The van der Waals surface area contributed by atoms with Gasteiger partial charge in [-0.05, 0) is 24.5 Å². The fourth-order valence-electron chi connectivity index (χ4n) is 2.99. The Morgan fingerprint density at radius 1 is 1.36 bits per heavy atom. The van der Waals surface area contributed by atoms with Gasteiger partial charge in [0.1, 0.15) is 5.76 Å². The fraction of sp³-hybridized carbons (Fsp3) is 0.529. The zero-order valence-electron chi connectivity index (χ0n) is 13.3. The summed E-state index contributed by atoms with van der Waals surface area (Å²) < 4.78 is 11.6. The predicted octanol–water partition coefficient (Wildman–Crippen LogP) is 3.59. The van der Waals surface area contributed by atoms with E-state index in [-0.39, 0.29) is 29.2 Å². The topological polar surface area (TPSA) is 61.6 Å². The van der Waals surface area contributed by atoms with Crippen molar-refractivity contribution in [1.29, 1.82) is 0 Å². The van der Waals surface area contributed by atoms with Crippen molar-refractivity contribution in [3.05, 3.63) is 51.8 Å². The number of ether oxygens (including phenoxy) is 2. The van der Waals surface area contributed by atoms with Gasteiger partial charge in [-0.3, -0.25) is 10.1 Å². The number of rotatable bonds is 6. The molecule has 5 heteroatoms. The van der Waals surface area contributed by atoms with Crippen LogP contribution >= 0.6 is 0 Å². The maximum atomic E-state index is 11.1. The monoisotopic (exact) mass is 305 g/mol. The molecule has 0 radical (unpaired) electrons. The lowest BCUT2D eigenvalue weighted by Gasteiger charge is -2.23. The van der Waals surface area contributed by atoms with Crippen LogP contribution in [-0.2, 0) is 9.47 Å². The molecule has 5 nitrogen and oxygen atoms in total. The van der Waals surface area contributed by atoms with Crippen LogP contribution in [0.2, 0.25) is 0 Å². The number of nitro groups is 1. The summed E-state index contributed by atoms with van der Waals surface area (Å²) in [6.45, 7) is 6.40. The molecule has 22 heavy (non-hydrogen) atoms. The van der Waals surface area contributed by atoms with Crippen molar-refractivity contribution in [3.8, 4) is 0 Å². The summed E-state index contributed by atoms with van der Waals surface area (Å²) in [5.41, 5.74) is 0.977. The molecule has 0 aromatic heterocycles. The molecule has 0 saturated carbocycles. The van der Waals surface area contributed by atoms with Gasteiger partial charge in [-0.2, -0.15) is 0 Å². The Kier molecular flexibility index (Phi) is 5.55. The highest BCUT2D eigenvalue weighted by molar-refractivity contribution is 5.52. The third-order valence-electron chi connectivity index (χ3n) is 3.95. The van der Waals surface area contributed by atoms with E-state index in [1.807, 2.05) is 43.3 Å². The van der Waals surface area contributed by atoms with Gasteiger partial charge >= 0.3 is 0 Å². The van der Waals surface area contributed by atoms with E-state index in [1.165, 1.54) is 0 Å². The normalized spacial score (nSPS) is 26.4. The summed E-state index contributed by atoms with van der Waals surface area (Å²) >= 11 is 0. The molecule has 1 saturated heterocycles. The third-order valence-corrected chi connectivity index (χ3v) is 3.95. The van der Waals surface area contributed by atoms with E-state index < -0.39 is 6.29 Å². The van der Waals surface area contributed by atoms with Crippen molar-refractivity contribution in [1.82, 2.24) is 0 Å². The van der Waals surface area contributed by atoms with Gasteiger partial charge in [0.2, 0.25) is 12.8 Å². The molecule has 0 unspecified atom stereocenters. The van der Waals surface area contributed by atoms with Crippen LogP contribution in [0.15, 0.2) is 36.1 Å².